The highest BCUT2D eigenvalue weighted by atomic mass is 32.2. The highest BCUT2D eigenvalue weighted by Gasteiger charge is 2.60. The molecule has 1 spiro atoms. The average molecular weight is 378 g/mol. The largest absolute Gasteiger partial charge is 0.416 e. The van der Waals surface area contributed by atoms with Crippen molar-refractivity contribution in [2.24, 2.45) is 0 Å². The Labute approximate surface area is 151 Å². The average Bonchev–Trinajstić information content (AvgIpc) is 3.07. The minimum atomic E-state index is -4.53. The topological polar surface area (TPSA) is 40.6 Å². The van der Waals surface area contributed by atoms with Crippen molar-refractivity contribution in [1.82, 2.24) is 0 Å². The van der Waals surface area contributed by atoms with Gasteiger partial charge in [0, 0.05) is 18.3 Å². The number of hydrogen-bond donors (Lipinski definition) is 0. The molecule has 0 N–H and O–H groups in total. The Hall–Kier alpha value is -2.48. The summed E-state index contributed by atoms with van der Waals surface area (Å²) in [6, 6.07) is 11.6. The van der Waals surface area contributed by atoms with E-state index in [1.54, 1.807) is 31.3 Å². The Bertz CT molecular complexity index is 931. The lowest BCUT2D eigenvalue weighted by molar-refractivity contribution is -0.137. The Morgan fingerprint density at radius 1 is 1.08 bits per heavy atom. The second kappa shape index (κ2) is 5.51. The van der Waals surface area contributed by atoms with Crippen molar-refractivity contribution >= 4 is 35.0 Å². The molecular weight excluding hydrogens is 365 g/mol. The summed E-state index contributed by atoms with van der Waals surface area (Å²) in [4.78, 5) is 27.0. The Balaban J connectivity index is 1.92. The summed E-state index contributed by atoms with van der Waals surface area (Å²) >= 11 is 1.14. The molecule has 2 heterocycles. The van der Waals surface area contributed by atoms with Gasteiger partial charge in [-0.05, 0) is 24.3 Å². The maximum Gasteiger partial charge on any atom is 0.416 e. The highest BCUT2D eigenvalue weighted by molar-refractivity contribution is 8.02. The number of nitrogens with zero attached hydrogens (tertiary/aromatic N) is 2. The van der Waals surface area contributed by atoms with Crippen LogP contribution in [0.25, 0.3) is 0 Å². The molecule has 0 bridgehead atoms. The van der Waals surface area contributed by atoms with Crippen LogP contribution in [0.4, 0.5) is 24.5 Å². The summed E-state index contributed by atoms with van der Waals surface area (Å²) < 4.78 is 39.3. The van der Waals surface area contributed by atoms with Gasteiger partial charge in [-0.2, -0.15) is 13.2 Å². The Morgan fingerprint density at radius 3 is 2.54 bits per heavy atom. The first kappa shape index (κ1) is 17.0. The number of carbonyl (C=O) groups is 2. The third kappa shape index (κ3) is 2.18. The van der Waals surface area contributed by atoms with Crippen LogP contribution in [-0.4, -0.2) is 24.6 Å². The third-order valence-electron chi connectivity index (χ3n) is 4.63. The molecule has 0 aromatic heterocycles. The monoisotopic (exact) mass is 378 g/mol. The van der Waals surface area contributed by atoms with E-state index < -0.39 is 22.5 Å². The number of anilines is 2. The first-order valence-electron chi connectivity index (χ1n) is 7.79. The fourth-order valence-corrected chi connectivity index (χ4v) is 4.86. The van der Waals surface area contributed by atoms with Crippen LogP contribution in [-0.2, 0) is 20.6 Å². The smallest absolute Gasteiger partial charge is 0.312 e. The number of halogens is 3. The number of thioether (sulfide) groups is 1. The first-order valence-corrected chi connectivity index (χ1v) is 8.77. The summed E-state index contributed by atoms with van der Waals surface area (Å²) in [6.07, 6.45) is -4.53. The number of hydrogen-bond acceptors (Lipinski definition) is 3. The molecule has 1 fully saturated rings. The van der Waals surface area contributed by atoms with Gasteiger partial charge in [-0.1, -0.05) is 24.3 Å². The van der Waals surface area contributed by atoms with Crippen molar-refractivity contribution in [3.63, 3.8) is 0 Å². The van der Waals surface area contributed by atoms with E-state index in [9.17, 15) is 22.8 Å². The van der Waals surface area contributed by atoms with Gasteiger partial charge in [0.1, 0.15) is 0 Å². The lowest BCUT2D eigenvalue weighted by Crippen LogP contribution is -2.49. The maximum atomic E-state index is 13.1. The number of likely N-dealkylation sites (N-methyl/N-ethyl adjacent to an activating group) is 1. The number of amides is 2. The molecule has 2 aromatic carbocycles. The second-order valence-corrected chi connectivity index (χ2v) is 7.26. The molecule has 1 saturated heterocycles. The van der Waals surface area contributed by atoms with Crippen LogP contribution in [0.3, 0.4) is 0 Å². The summed E-state index contributed by atoms with van der Waals surface area (Å²) in [5.41, 5.74) is 0.465. The van der Waals surface area contributed by atoms with E-state index in [2.05, 4.69) is 0 Å². The molecule has 2 aromatic rings. The summed E-state index contributed by atoms with van der Waals surface area (Å²) in [6.45, 7) is 0. The number of alkyl halides is 3. The van der Waals surface area contributed by atoms with Crippen LogP contribution >= 0.6 is 11.8 Å². The number of rotatable bonds is 1. The van der Waals surface area contributed by atoms with Gasteiger partial charge in [0.25, 0.3) is 5.91 Å². The fraction of sp³-hybridized carbons (Fsp3) is 0.222. The first-order chi connectivity index (χ1) is 12.3. The van der Waals surface area contributed by atoms with E-state index in [-0.39, 0.29) is 17.3 Å². The molecule has 2 aliphatic heterocycles. The number of para-hydroxylation sites is 1. The maximum absolute atomic E-state index is 13.1. The summed E-state index contributed by atoms with van der Waals surface area (Å²) in [5.74, 6) is -0.718. The Kier molecular flexibility index (Phi) is 3.59. The lowest BCUT2D eigenvalue weighted by atomic mass is 10.0. The molecule has 26 heavy (non-hydrogen) atoms. The van der Waals surface area contributed by atoms with Crippen molar-refractivity contribution < 1.29 is 22.8 Å². The number of fused-ring (bicyclic) bond motifs is 2. The molecule has 0 aliphatic carbocycles. The van der Waals surface area contributed by atoms with E-state index in [1.807, 2.05) is 0 Å². The predicted octanol–water partition coefficient (Wildman–Crippen LogP) is 3.61. The molecular formula is C18H13F3N2O2S. The van der Waals surface area contributed by atoms with Gasteiger partial charge in [-0.3, -0.25) is 14.5 Å². The normalized spacial score (nSPS) is 22.5. The van der Waals surface area contributed by atoms with E-state index >= 15 is 0 Å². The van der Waals surface area contributed by atoms with Gasteiger partial charge in [-0.25, -0.2) is 0 Å². The van der Waals surface area contributed by atoms with Gasteiger partial charge in [0.15, 0.2) is 0 Å². The molecule has 0 saturated carbocycles. The zero-order valence-corrected chi connectivity index (χ0v) is 14.4. The van der Waals surface area contributed by atoms with Gasteiger partial charge in [0.2, 0.25) is 10.8 Å². The fourth-order valence-electron chi connectivity index (χ4n) is 3.48. The standard InChI is InChI=1S/C18H13F3N2O2S/c1-22-14-8-3-2-7-13(14)17(16(22)25)23(15(24)10-26-17)12-6-4-5-11(9-12)18(19,20)21/h2-9H,10H2,1H3/t17-/m1/s1. The second-order valence-electron chi connectivity index (χ2n) is 6.09. The third-order valence-corrected chi connectivity index (χ3v) is 6.01. The van der Waals surface area contributed by atoms with E-state index in [4.69, 9.17) is 0 Å². The van der Waals surface area contributed by atoms with Gasteiger partial charge >= 0.3 is 6.18 Å². The van der Waals surface area contributed by atoms with E-state index in [1.165, 1.54) is 21.9 Å². The number of benzene rings is 2. The van der Waals surface area contributed by atoms with Crippen molar-refractivity contribution in [2.45, 2.75) is 11.0 Å². The molecule has 0 unspecified atom stereocenters. The molecule has 134 valence electrons. The zero-order valence-electron chi connectivity index (χ0n) is 13.6. The molecule has 4 nitrogen and oxygen atoms in total. The van der Waals surface area contributed by atoms with Gasteiger partial charge in [0.05, 0.1) is 17.0 Å². The van der Waals surface area contributed by atoms with Crippen molar-refractivity contribution in [2.75, 3.05) is 22.6 Å². The Morgan fingerprint density at radius 2 is 1.81 bits per heavy atom. The highest BCUT2D eigenvalue weighted by Crippen LogP contribution is 2.55. The van der Waals surface area contributed by atoms with Crippen LogP contribution in [0.2, 0.25) is 0 Å². The zero-order chi connectivity index (χ0) is 18.7. The molecule has 1 atom stereocenters. The van der Waals surface area contributed by atoms with Crippen LogP contribution < -0.4 is 9.80 Å². The molecule has 8 heteroatoms. The van der Waals surface area contributed by atoms with Crippen molar-refractivity contribution in [3.8, 4) is 0 Å². The minimum absolute atomic E-state index is 0.0180. The lowest BCUT2D eigenvalue weighted by Gasteiger charge is -2.33. The van der Waals surface area contributed by atoms with Gasteiger partial charge in [-0.15, -0.1) is 11.8 Å². The SMILES string of the molecule is CN1C(=O)[C@]2(SCC(=O)N2c2cccc(C(F)(F)F)c2)c2ccccc21. The molecule has 2 amide bonds. The molecule has 4 rings (SSSR count). The quantitative estimate of drug-likeness (QED) is 0.761. The van der Waals surface area contributed by atoms with Crippen LogP contribution in [0.1, 0.15) is 11.1 Å². The minimum Gasteiger partial charge on any atom is -0.312 e. The van der Waals surface area contributed by atoms with Crippen LogP contribution in [0, 0.1) is 0 Å². The number of carbonyl (C=O) groups excluding carboxylic acids is 2. The molecule has 0 radical (unpaired) electrons. The van der Waals surface area contributed by atoms with Crippen LogP contribution in [0.5, 0.6) is 0 Å². The van der Waals surface area contributed by atoms with Gasteiger partial charge < -0.3 is 4.90 Å². The van der Waals surface area contributed by atoms with Crippen molar-refractivity contribution in [3.05, 3.63) is 59.7 Å². The van der Waals surface area contributed by atoms with E-state index in [0.717, 1.165) is 23.9 Å². The summed E-state index contributed by atoms with van der Waals surface area (Å²) in [7, 11) is 1.60. The van der Waals surface area contributed by atoms with E-state index in [0.29, 0.717) is 11.3 Å². The van der Waals surface area contributed by atoms with Crippen molar-refractivity contribution in [1.29, 1.82) is 0 Å². The van der Waals surface area contributed by atoms with Crippen LogP contribution in [0.15, 0.2) is 48.5 Å². The molecule has 2 aliphatic rings. The summed E-state index contributed by atoms with van der Waals surface area (Å²) in [5, 5.41) is 0. The predicted molar refractivity (Wildman–Crippen MR) is 92.9 cm³/mol.